The average Bonchev–Trinajstić information content (AvgIpc) is 2.82. The summed E-state index contributed by atoms with van der Waals surface area (Å²) in [5, 5.41) is 2.33. The molecule has 0 N–H and O–H groups in total. The lowest BCUT2D eigenvalue weighted by atomic mass is 10.1. The maximum atomic E-state index is 6.16. The van der Waals surface area contributed by atoms with Gasteiger partial charge >= 0.3 is 0 Å². The fraction of sp³-hybridized carbons (Fsp3) is 0.360. The first-order chi connectivity index (χ1) is 14.8. The molecule has 0 radical (unpaired) electrons. The van der Waals surface area contributed by atoms with Gasteiger partial charge in [0, 0.05) is 45.2 Å². The quantitative estimate of drug-likeness (QED) is 0.563. The molecule has 0 aromatic heterocycles. The van der Waals surface area contributed by atoms with Gasteiger partial charge in [0.15, 0.2) is 0 Å². The molecule has 1 unspecified atom stereocenters. The van der Waals surface area contributed by atoms with Crippen molar-refractivity contribution in [2.24, 2.45) is 0 Å². The van der Waals surface area contributed by atoms with Crippen LogP contribution in [0.2, 0.25) is 0 Å². The SMILES string of the molecule is COc1ccccc1N1CCN(CC(COc2cccc3ccccc23)OC)CC1. The van der Waals surface area contributed by atoms with E-state index in [9.17, 15) is 0 Å². The topological polar surface area (TPSA) is 34.2 Å². The van der Waals surface area contributed by atoms with Crippen LogP contribution in [0.25, 0.3) is 10.8 Å². The molecule has 158 valence electrons. The Morgan fingerprint density at radius 2 is 1.50 bits per heavy atom. The minimum atomic E-state index is 0.0294. The molecule has 3 aromatic carbocycles. The van der Waals surface area contributed by atoms with Crippen molar-refractivity contribution < 1.29 is 14.2 Å². The van der Waals surface area contributed by atoms with Crippen LogP contribution in [0.1, 0.15) is 0 Å². The van der Waals surface area contributed by atoms with Crippen LogP contribution >= 0.6 is 0 Å². The van der Waals surface area contributed by atoms with Crippen LogP contribution in [0.15, 0.2) is 66.7 Å². The predicted molar refractivity (Wildman–Crippen MR) is 122 cm³/mol. The maximum Gasteiger partial charge on any atom is 0.142 e. The second-order valence-corrected chi connectivity index (χ2v) is 7.61. The van der Waals surface area contributed by atoms with Crippen LogP contribution in [-0.4, -0.2) is 64.6 Å². The average molecular weight is 407 g/mol. The van der Waals surface area contributed by atoms with E-state index in [0.717, 1.165) is 49.6 Å². The summed E-state index contributed by atoms with van der Waals surface area (Å²) in [6.45, 7) is 5.33. The van der Waals surface area contributed by atoms with Gasteiger partial charge in [-0.2, -0.15) is 0 Å². The summed E-state index contributed by atoms with van der Waals surface area (Å²) in [6, 6.07) is 22.7. The second kappa shape index (κ2) is 9.83. The van der Waals surface area contributed by atoms with Gasteiger partial charge in [0.05, 0.1) is 12.8 Å². The number of rotatable bonds is 8. The Morgan fingerprint density at radius 1 is 0.800 bits per heavy atom. The van der Waals surface area contributed by atoms with Crippen molar-refractivity contribution in [1.82, 2.24) is 4.90 Å². The lowest BCUT2D eigenvalue weighted by molar-refractivity contribution is 0.0285. The Balaban J connectivity index is 1.31. The van der Waals surface area contributed by atoms with Crippen molar-refractivity contribution in [1.29, 1.82) is 0 Å². The Bertz CT molecular complexity index is 949. The van der Waals surface area contributed by atoms with E-state index in [1.54, 1.807) is 14.2 Å². The Morgan fingerprint density at radius 3 is 2.30 bits per heavy atom. The van der Waals surface area contributed by atoms with Crippen molar-refractivity contribution in [3.8, 4) is 11.5 Å². The molecular formula is C25H30N2O3. The molecule has 0 bridgehead atoms. The zero-order valence-electron chi connectivity index (χ0n) is 17.8. The van der Waals surface area contributed by atoms with Gasteiger partial charge in [-0.1, -0.05) is 48.5 Å². The summed E-state index contributed by atoms with van der Waals surface area (Å²) in [5.74, 6) is 1.85. The smallest absolute Gasteiger partial charge is 0.142 e. The first-order valence-electron chi connectivity index (χ1n) is 10.5. The van der Waals surface area contributed by atoms with E-state index in [0.29, 0.717) is 6.61 Å². The fourth-order valence-electron chi connectivity index (χ4n) is 4.05. The maximum absolute atomic E-state index is 6.16. The zero-order chi connectivity index (χ0) is 20.8. The summed E-state index contributed by atoms with van der Waals surface area (Å²) in [4.78, 5) is 4.84. The second-order valence-electron chi connectivity index (χ2n) is 7.61. The van der Waals surface area contributed by atoms with Crippen LogP contribution in [0.3, 0.4) is 0 Å². The molecular weight excluding hydrogens is 376 g/mol. The van der Waals surface area contributed by atoms with Gasteiger partial charge in [0.1, 0.15) is 24.2 Å². The number of para-hydroxylation sites is 2. The predicted octanol–water partition coefficient (Wildman–Crippen LogP) is 4.06. The summed E-state index contributed by atoms with van der Waals surface area (Å²) in [7, 11) is 3.50. The highest BCUT2D eigenvalue weighted by atomic mass is 16.5. The number of ether oxygens (including phenoxy) is 3. The lowest BCUT2D eigenvalue weighted by Gasteiger charge is -2.37. The van der Waals surface area contributed by atoms with E-state index in [-0.39, 0.29) is 6.10 Å². The minimum Gasteiger partial charge on any atom is -0.495 e. The van der Waals surface area contributed by atoms with Gasteiger partial charge < -0.3 is 19.1 Å². The highest BCUT2D eigenvalue weighted by molar-refractivity contribution is 5.88. The van der Waals surface area contributed by atoms with E-state index < -0.39 is 0 Å². The number of nitrogens with zero attached hydrogens (tertiary/aromatic N) is 2. The third-order valence-electron chi connectivity index (χ3n) is 5.77. The van der Waals surface area contributed by atoms with Crippen LogP contribution in [-0.2, 0) is 4.74 Å². The number of methoxy groups -OCH3 is 2. The Labute approximate surface area is 178 Å². The number of anilines is 1. The van der Waals surface area contributed by atoms with Crippen LogP contribution in [0.5, 0.6) is 11.5 Å². The first kappa shape index (κ1) is 20.5. The molecule has 0 aliphatic carbocycles. The molecule has 5 heteroatoms. The highest BCUT2D eigenvalue weighted by Gasteiger charge is 2.22. The van der Waals surface area contributed by atoms with E-state index in [1.807, 2.05) is 30.3 Å². The van der Waals surface area contributed by atoms with Gasteiger partial charge in [0.25, 0.3) is 0 Å². The molecule has 0 amide bonds. The summed E-state index contributed by atoms with van der Waals surface area (Å²) < 4.78 is 17.4. The van der Waals surface area contributed by atoms with Crippen molar-refractivity contribution in [2.75, 3.05) is 58.5 Å². The number of piperazine rings is 1. The van der Waals surface area contributed by atoms with Crippen molar-refractivity contribution in [2.45, 2.75) is 6.10 Å². The third-order valence-corrected chi connectivity index (χ3v) is 5.77. The molecule has 5 nitrogen and oxygen atoms in total. The minimum absolute atomic E-state index is 0.0294. The van der Waals surface area contributed by atoms with Crippen LogP contribution < -0.4 is 14.4 Å². The molecule has 30 heavy (non-hydrogen) atoms. The van der Waals surface area contributed by atoms with Crippen molar-refractivity contribution >= 4 is 16.5 Å². The molecule has 1 aliphatic heterocycles. The molecule has 1 aliphatic rings. The fourth-order valence-corrected chi connectivity index (χ4v) is 4.05. The van der Waals surface area contributed by atoms with Crippen LogP contribution in [0.4, 0.5) is 5.69 Å². The molecule has 1 heterocycles. The van der Waals surface area contributed by atoms with E-state index in [1.165, 1.54) is 11.1 Å². The largest absolute Gasteiger partial charge is 0.495 e. The summed E-state index contributed by atoms with van der Waals surface area (Å²) in [5.41, 5.74) is 1.17. The highest BCUT2D eigenvalue weighted by Crippen LogP contribution is 2.28. The van der Waals surface area contributed by atoms with Crippen molar-refractivity contribution in [3.05, 3.63) is 66.7 Å². The Hall–Kier alpha value is -2.76. The molecule has 1 atom stereocenters. The molecule has 0 saturated carbocycles. The normalized spacial score (nSPS) is 15.9. The van der Waals surface area contributed by atoms with Gasteiger partial charge in [-0.15, -0.1) is 0 Å². The summed E-state index contributed by atoms with van der Waals surface area (Å²) in [6.07, 6.45) is 0.0294. The van der Waals surface area contributed by atoms with E-state index in [4.69, 9.17) is 14.2 Å². The van der Waals surface area contributed by atoms with Crippen molar-refractivity contribution in [3.63, 3.8) is 0 Å². The first-order valence-corrected chi connectivity index (χ1v) is 10.5. The molecule has 0 spiro atoms. The molecule has 4 rings (SSSR count). The van der Waals surface area contributed by atoms with E-state index in [2.05, 4.69) is 46.2 Å². The van der Waals surface area contributed by atoms with E-state index >= 15 is 0 Å². The number of hydrogen-bond acceptors (Lipinski definition) is 5. The van der Waals surface area contributed by atoms with Gasteiger partial charge in [-0.05, 0) is 23.6 Å². The summed E-state index contributed by atoms with van der Waals surface area (Å²) >= 11 is 0. The Kier molecular flexibility index (Phi) is 6.72. The van der Waals surface area contributed by atoms with Gasteiger partial charge in [0.2, 0.25) is 0 Å². The molecule has 1 fully saturated rings. The van der Waals surface area contributed by atoms with Gasteiger partial charge in [-0.3, -0.25) is 4.90 Å². The number of benzene rings is 3. The van der Waals surface area contributed by atoms with Gasteiger partial charge in [-0.25, -0.2) is 0 Å². The molecule has 1 saturated heterocycles. The number of fused-ring (bicyclic) bond motifs is 1. The standard InChI is InChI=1S/C25H30N2O3/c1-28-21(19-30-24-13-7-9-20-8-3-4-10-22(20)24)18-26-14-16-27(17-15-26)23-11-5-6-12-25(23)29-2/h3-13,21H,14-19H2,1-2H3. The third kappa shape index (κ3) is 4.69. The van der Waals surface area contributed by atoms with Crippen LogP contribution in [0, 0.1) is 0 Å². The molecule has 3 aromatic rings. The monoisotopic (exact) mass is 406 g/mol. The zero-order valence-corrected chi connectivity index (χ0v) is 17.8. The number of hydrogen-bond donors (Lipinski definition) is 0. The lowest BCUT2D eigenvalue weighted by Crippen LogP contribution is -2.49.